The van der Waals surface area contributed by atoms with Gasteiger partial charge in [-0.1, -0.05) is 0 Å². The van der Waals surface area contributed by atoms with Gasteiger partial charge in [0, 0.05) is 49.6 Å². The molecule has 1 unspecified atom stereocenters. The molecule has 1 amide bonds. The van der Waals surface area contributed by atoms with Crippen LogP contribution in [0.15, 0.2) is 23.2 Å². The molecule has 1 saturated heterocycles. The minimum absolute atomic E-state index is 0. The van der Waals surface area contributed by atoms with Gasteiger partial charge in [0.1, 0.15) is 0 Å². The number of nitrogens with one attached hydrogen (secondary N) is 1. The number of hydrogen-bond donors (Lipinski definition) is 2. The average molecular weight is 472 g/mol. The Morgan fingerprint density at radius 3 is 2.81 bits per heavy atom. The number of anilines is 1. The molecule has 0 bridgehead atoms. The van der Waals surface area contributed by atoms with Crippen molar-refractivity contribution >= 4 is 41.5 Å². The van der Waals surface area contributed by atoms with Crippen molar-refractivity contribution in [1.82, 2.24) is 4.90 Å². The van der Waals surface area contributed by atoms with E-state index in [9.17, 15) is 4.79 Å². The summed E-state index contributed by atoms with van der Waals surface area (Å²) in [4.78, 5) is 18.4. The number of fused-ring (bicyclic) bond motifs is 1. The largest absolute Gasteiger partial charge is 0.490 e. The molecule has 1 aromatic rings. The zero-order valence-corrected chi connectivity index (χ0v) is 17.0. The molecule has 0 aromatic heterocycles. The Balaban J connectivity index is 0.00000196. The molecule has 8 heteroatoms. The lowest BCUT2D eigenvalue weighted by Crippen LogP contribution is -2.28. The van der Waals surface area contributed by atoms with E-state index >= 15 is 0 Å². The molecule has 2 heterocycles. The van der Waals surface area contributed by atoms with Gasteiger partial charge in [-0.3, -0.25) is 9.79 Å². The van der Waals surface area contributed by atoms with Crippen molar-refractivity contribution in [3.05, 3.63) is 18.2 Å². The van der Waals surface area contributed by atoms with Crippen LogP contribution in [0.3, 0.4) is 0 Å². The second-order valence-corrected chi connectivity index (χ2v) is 6.91. The van der Waals surface area contributed by atoms with E-state index in [4.69, 9.17) is 15.2 Å². The highest BCUT2D eigenvalue weighted by Gasteiger charge is 2.39. The van der Waals surface area contributed by atoms with Gasteiger partial charge < -0.3 is 25.4 Å². The molecule has 26 heavy (non-hydrogen) atoms. The van der Waals surface area contributed by atoms with Crippen LogP contribution in [0.4, 0.5) is 5.69 Å². The number of halogens is 1. The molecule has 7 nitrogen and oxygen atoms in total. The highest BCUT2D eigenvalue weighted by molar-refractivity contribution is 14.0. The molecule has 1 atom stereocenters. The number of guanidine groups is 1. The lowest BCUT2D eigenvalue weighted by Gasteiger charge is -2.14. The Hall–Kier alpha value is -1.71. The summed E-state index contributed by atoms with van der Waals surface area (Å²) in [5.41, 5.74) is 6.81. The van der Waals surface area contributed by atoms with Crippen molar-refractivity contribution in [2.24, 2.45) is 16.6 Å². The number of amides is 1. The summed E-state index contributed by atoms with van der Waals surface area (Å²) >= 11 is 0. The van der Waals surface area contributed by atoms with E-state index in [1.165, 1.54) is 0 Å². The average Bonchev–Trinajstić information content (AvgIpc) is 3.39. The fourth-order valence-electron chi connectivity index (χ4n) is 3.33. The molecule has 1 aliphatic carbocycles. The lowest BCUT2D eigenvalue weighted by atomic mass is 10.1. The van der Waals surface area contributed by atoms with Gasteiger partial charge in [0.2, 0.25) is 5.91 Å². The third-order valence-electron chi connectivity index (χ3n) is 4.77. The second kappa shape index (κ2) is 8.32. The maximum atomic E-state index is 12.0. The van der Waals surface area contributed by atoms with Crippen molar-refractivity contribution in [1.29, 1.82) is 0 Å². The van der Waals surface area contributed by atoms with E-state index in [-0.39, 0.29) is 35.8 Å². The fraction of sp³-hybridized carbons (Fsp3) is 0.556. The van der Waals surface area contributed by atoms with E-state index in [0.717, 1.165) is 43.0 Å². The first-order chi connectivity index (χ1) is 12.2. The minimum atomic E-state index is 0. The highest BCUT2D eigenvalue weighted by atomic mass is 127. The van der Waals surface area contributed by atoms with Crippen molar-refractivity contribution in [2.45, 2.75) is 31.7 Å². The Bertz CT molecular complexity index is 693. The zero-order valence-electron chi connectivity index (χ0n) is 14.6. The zero-order chi connectivity index (χ0) is 17.2. The van der Waals surface area contributed by atoms with Gasteiger partial charge in [-0.2, -0.15) is 0 Å². The fourth-order valence-corrected chi connectivity index (χ4v) is 3.33. The summed E-state index contributed by atoms with van der Waals surface area (Å²) < 4.78 is 11.3. The molecule has 2 fully saturated rings. The van der Waals surface area contributed by atoms with Gasteiger partial charge in [-0.15, -0.1) is 24.0 Å². The maximum Gasteiger partial charge on any atom is 0.223 e. The first kappa shape index (κ1) is 19.1. The number of hydrogen-bond acceptors (Lipinski definition) is 4. The Morgan fingerprint density at radius 1 is 1.27 bits per heavy atom. The van der Waals surface area contributed by atoms with Crippen LogP contribution in [-0.4, -0.2) is 49.1 Å². The van der Waals surface area contributed by atoms with Gasteiger partial charge in [0.25, 0.3) is 0 Å². The molecule has 3 N–H and O–H groups in total. The summed E-state index contributed by atoms with van der Waals surface area (Å²) in [7, 11) is 0. The first-order valence-corrected chi connectivity index (χ1v) is 8.95. The van der Waals surface area contributed by atoms with E-state index in [0.29, 0.717) is 38.2 Å². The number of ether oxygens (including phenoxy) is 2. The normalized spacial score (nSPS) is 22.6. The molecule has 0 spiro atoms. The predicted molar refractivity (Wildman–Crippen MR) is 110 cm³/mol. The molecular formula is C18H25IN4O3. The van der Waals surface area contributed by atoms with Crippen LogP contribution in [0, 0.1) is 5.92 Å². The van der Waals surface area contributed by atoms with E-state index in [1.807, 2.05) is 23.1 Å². The molecule has 1 aromatic carbocycles. The number of likely N-dealkylation sites (tertiary alicyclic amines) is 1. The second-order valence-electron chi connectivity index (χ2n) is 6.91. The third-order valence-corrected chi connectivity index (χ3v) is 4.77. The van der Waals surface area contributed by atoms with Crippen LogP contribution >= 0.6 is 24.0 Å². The number of rotatable bonds is 4. The van der Waals surface area contributed by atoms with Crippen LogP contribution in [0.5, 0.6) is 11.5 Å². The van der Waals surface area contributed by atoms with Crippen LogP contribution in [0.1, 0.15) is 25.7 Å². The standard InChI is InChI=1S/C18H24N4O3.HI/c19-18(20-10-12-8-17(23)22(11-12)14-3-4-14)21-13-2-5-15-16(9-13)25-7-1-6-24-15;/h2,5,9,12,14H,1,3-4,6-8,10-11H2,(H3,19,20,21);1H. The number of benzene rings is 1. The molecule has 1 saturated carbocycles. The smallest absolute Gasteiger partial charge is 0.223 e. The molecule has 142 valence electrons. The van der Waals surface area contributed by atoms with Gasteiger partial charge in [0.05, 0.1) is 13.2 Å². The number of carbonyl (C=O) groups excluding carboxylic acids is 1. The highest BCUT2D eigenvalue weighted by Crippen LogP contribution is 2.33. The summed E-state index contributed by atoms with van der Waals surface area (Å²) in [5.74, 6) is 2.35. The third kappa shape index (κ3) is 4.52. The van der Waals surface area contributed by atoms with Crippen LogP contribution in [-0.2, 0) is 4.79 Å². The molecule has 4 rings (SSSR count). The van der Waals surface area contributed by atoms with Crippen LogP contribution < -0.4 is 20.5 Å². The van der Waals surface area contributed by atoms with Crippen molar-refractivity contribution in [3.63, 3.8) is 0 Å². The van der Waals surface area contributed by atoms with Gasteiger partial charge in [-0.25, -0.2) is 0 Å². The van der Waals surface area contributed by atoms with Crippen molar-refractivity contribution in [3.8, 4) is 11.5 Å². The van der Waals surface area contributed by atoms with Crippen molar-refractivity contribution in [2.75, 3.05) is 31.6 Å². The molecule has 2 aliphatic heterocycles. The first-order valence-electron chi connectivity index (χ1n) is 8.95. The molecular weight excluding hydrogens is 447 g/mol. The van der Waals surface area contributed by atoms with Crippen LogP contribution in [0.25, 0.3) is 0 Å². The monoisotopic (exact) mass is 472 g/mol. The Labute approximate surface area is 170 Å². The summed E-state index contributed by atoms with van der Waals surface area (Å²) in [5, 5.41) is 3.09. The summed E-state index contributed by atoms with van der Waals surface area (Å²) in [6.07, 6.45) is 3.75. The van der Waals surface area contributed by atoms with Crippen LogP contribution in [0.2, 0.25) is 0 Å². The molecule has 3 aliphatic rings. The summed E-state index contributed by atoms with van der Waals surface area (Å²) in [6.45, 7) is 2.69. The summed E-state index contributed by atoms with van der Waals surface area (Å²) in [6, 6.07) is 6.12. The topological polar surface area (TPSA) is 89.2 Å². The van der Waals surface area contributed by atoms with E-state index < -0.39 is 0 Å². The number of nitrogens with zero attached hydrogens (tertiary/aromatic N) is 2. The maximum absolute atomic E-state index is 12.0. The van der Waals surface area contributed by atoms with Gasteiger partial charge in [0.15, 0.2) is 17.5 Å². The lowest BCUT2D eigenvalue weighted by molar-refractivity contribution is -0.128. The number of nitrogens with two attached hydrogens (primary N) is 1. The number of carbonyl (C=O) groups is 1. The number of aliphatic imine (C=N–C) groups is 1. The minimum Gasteiger partial charge on any atom is -0.490 e. The van der Waals surface area contributed by atoms with E-state index in [2.05, 4.69) is 10.3 Å². The predicted octanol–water partition coefficient (Wildman–Crippen LogP) is 2.20. The van der Waals surface area contributed by atoms with Gasteiger partial charge in [-0.05, 0) is 25.0 Å². The van der Waals surface area contributed by atoms with E-state index in [1.54, 1.807) is 0 Å². The Kier molecular flexibility index (Phi) is 6.10. The Morgan fingerprint density at radius 2 is 2.04 bits per heavy atom. The van der Waals surface area contributed by atoms with Crippen molar-refractivity contribution < 1.29 is 14.3 Å². The molecule has 0 radical (unpaired) electrons. The quantitative estimate of drug-likeness (QED) is 0.399. The van der Waals surface area contributed by atoms with Gasteiger partial charge >= 0.3 is 0 Å². The SMILES string of the molecule is I.NC(=NCC1CC(=O)N(C2CC2)C1)Nc1ccc2c(c1)OCCCO2.